The predicted octanol–water partition coefficient (Wildman–Crippen LogP) is 2.70. The Hall–Kier alpha value is -1.43. The maximum Gasteiger partial charge on any atom is 0.228 e. The molecule has 1 aromatic heterocycles. The van der Waals surface area contributed by atoms with Crippen LogP contribution in [0.3, 0.4) is 0 Å². The number of amides is 2. The number of piperidine rings is 1. The lowest BCUT2D eigenvalue weighted by Crippen LogP contribution is -2.42. The Labute approximate surface area is 141 Å². The highest BCUT2D eigenvalue weighted by atomic mass is 32.1. The number of carbonyl (C=O) groups is 2. The summed E-state index contributed by atoms with van der Waals surface area (Å²) in [6.45, 7) is 6.32. The van der Waals surface area contributed by atoms with Crippen LogP contribution in [0, 0.1) is 11.8 Å². The Morgan fingerprint density at radius 3 is 2.96 bits per heavy atom. The van der Waals surface area contributed by atoms with Crippen molar-refractivity contribution in [1.29, 1.82) is 0 Å². The van der Waals surface area contributed by atoms with Gasteiger partial charge in [0, 0.05) is 37.6 Å². The molecule has 2 unspecified atom stereocenters. The fourth-order valence-electron chi connectivity index (χ4n) is 3.64. The van der Waals surface area contributed by atoms with E-state index in [0.717, 1.165) is 37.4 Å². The van der Waals surface area contributed by atoms with Crippen LogP contribution in [0.25, 0.3) is 0 Å². The van der Waals surface area contributed by atoms with E-state index in [2.05, 4.69) is 18.8 Å². The van der Waals surface area contributed by atoms with E-state index in [1.165, 1.54) is 0 Å². The highest BCUT2D eigenvalue weighted by Gasteiger charge is 2.39. The van der Waals surface area contributed by atoms with Crippen molar-refractivity contribution in [3.63, 3.8) is 0 Å². The fourth-order valence-corrected chi connectivity index (χ4v) is 4.43. The summed E-state index contributed by atoms with van der Waals surface area (Å²) in [4.78, 5) is 33.4. The number of aromatic nitrogens is 1. The van der Waals surface area contributed by atoms with Gasteiger partial charge in [0.2, 0.25) is 11.8 Å². The van der Waals surface area contributed by atoms with E-state index in [1.54, 1.807) is 17.5 Å². The minimum atomic E-state index is -0.179. The number of likely N-dealkylation sites (tertiary alicyclic amines) is 2. The molecule has 2 atom stereocenters. The summed E-state index contributed by atoms with van der Waals surface area (Å²) < 4.78 is 0. The minimum Gasteiger partial charge on any atom is -0.342 e. The Morgan fingerprint density at radius 2 is 2.26 bits per heavy atom. The zero-order valence-electron chi connectivity index (χ0n) is 13.9. The second-order valence-corrected chi connectivity index (χ2v) is 7.93. The molecule has 0 N–H and O–H groups in total. The molecule has 0 radical (unpaired) electrons. The summed E-state index contributed by atoms with van der Waals surface area (Å²) >= 11 is 1.62. The number of carbonyl (C=O) groups excluding carboxylic acids is 2. The molecule has 2 fully saturated rings. The molecule has 2 saturated heterocycles. The van der Waals surface area contributed by atoms with Crippen LogP contribution in [0.4, 0.5) is 0 Å². The predicted molar refractivity (Wildman–Crippen MR) is 89.9 cm³/mol. The van der Waals surface area contributed by atoms with E-state index in [1.807, 2.05) is 15.2 Å². The third-order valence-corrected chi connectivity index (χ3v) is 5.55. The second-order valence-electron chi connectivity index (χ2n) is 7.01. The van der Waals surface area contributed by atoms with Crippen LogP contribution in [0.1, 0.15) is 50.6 Å². The van der Waals surface area contributed by atoms with Crippen LogP contribution in [-0.2, 0) is 9.59 Å². The summed E-state index contributed by atoms with van der Waals surface area (Å²) in [5, 5.41) is 3.00. The van der Waals surface area contributed by atoms with Gasteiger partial charge in [0.25, 0.3) is 0 Å². The first-order chi connectivity index (χ1) is 11.1. The third-order valence-electron chi connectivity index (χ3n) is 4.67. The van der Waals surface area contributed by atoms with Crippen molar-refractivity contribution in [2.75, 3.05) is 19.6 Å². The van der Waals surface area contributed by atoms with E-state index >= 15 is 0 Å². The van der Waals surface area contributed by atoms with Crippen LogP contribution < -0.4 is 0 Å². The molecule has 5 nitrogen and oxygen atoms in total. The number of hydrogen-bond acceptors (Lipinski definition) is 4. The summed E-state index contributed by atoms with van der Waals surface area (Å²) in [5.41, 5.74) is 0. The molecule has 6 heteroatoms. The zero-order valence-corrected chi connectivity index (χ0v) is 14.7. The van der Waals surface area contributed by atoms with Crippen molar-refractivity contribution < 1.29 is 9.59 Å². The van der Waals surface area contributed by atoms with Crippen LogP contribution >= 0.6 is 11.3 Å². The molecule has 23 heavy (non-hydrogen) atoms. The number of rotatable bonds is 4. The van der Waals surface area contributed by atoms with E-state index in [9.17, 15) is 9.59 Å². The summed E-state index contributed by atoms with van der Waals surface area (Å²) in [7, 11) is 0. The van der Waals surface area contributed by atoms with Gasteiger partial charge >= 0.3 is 0 Å². The Balaban J connectivity index is 1.70. The quantitative estimate of drug-likeness (QED) is 0.850. The van der Waals surface area contributed by atoms with Crippen LogP contribution in [0.15, 0.2) is 11.6 Å². The minimum absolute atomic E-state index is 0.102. The maximum absolute atomic E-state index is 13.0. The molecular formula is C17H25N3O2S. The van der Waals surface area contributed by atoms with Gasteiger partial charge < -0.3 is 9.80 Å². The molecule has 0 saturated carbocycles. The topological polar surface area (TPSA) is 53.5 Å². The van der Waals surface area contributed by atoms with Gasteiger partial charge in [-0.25, -0.2) is 4.98 Å². The summed E-state index contributed by atoms with van der Waals surface area (Å²) in [5.74, 6) is 0.525. The molecule has 0 aromatic carbocycles. The summed E-state index contributed by atoms with van der Waals surface area (Å²) in [6.07, 6.45) is 5.34. The van der Waals surface area contributed by atoms with Crippen molar-refractivity contribution in [2.45, 2.75) is 45.6 Å². The lowest BCUT2D eigenvalue weighted by molar-refractivity contribution is -0.139. The van der Waals surface area contributed by atoms with Gasteiger partial charge in [-0.2, -0.15) is 0 Å². The SMILES string of the molecule is CC(C)CN1CC(C(=O)N2CCCCC2c2nccs2)CC1=O. The molecule has 0 aliphatic carbocycles. The Morgan fingerprint density at radius 1 is 1.43 bits per heavy atom. The van der Waals surface area contributed by atoms with Crippen molar-refractivity contribution in [3.8, 4) is 0 Å². The van der Waals surface area contributed by atoms with Crippen molar-refractivity contribution in [3.05, 3.63) is 16.6 Å². The van der Waals surface area contributed by atoms with Crippen LogP contribution in [-0.4, -0.2) is 46.2 Å². The lowest BCUT2D eigenvalue weighted by Gasteiger charge is -2.36. The molecule has 0 bridgehead atoms. The lowest BCUT2D eigenvalue weighted by atomic mass is 9.99. The standard InChI is InChI=1S/C17H25N3O2S/c1-12(2)10-19-11-13(9-15(19)21)17(22)20-7-4-3-5-14(20)16-18-6-8-23-16/h6,8,12-14H,3-5,7,9-11H2,1-2H3. The summed E-state index contributed by atoms with van der Waals surface area (Å²) in [6, 6.07) is 0.102. The third kappa shape index (κ3) is 3.57. The average Bonchev–Trinajstić information content (AvgIpc) is 3.17. The number of hydrogen-bond donors (Lipinski definition) is 0. The molecule has 126 valence electrons. The maximum atomic E-state index is 13.0. The fraction of sp³-hybridized carbons (Fsp3) is 0.706. The van der Waals surface area contributed by atoms with Crippen LogP contribution in [0.5, 0.6) is 0 Å². The van der Waals surface area contributed by atoms with Gasteiger partial charge in [-0.05, 0) is 25.2 Å². The second kappa shape index (κ2) is 6.99. The monoisotopic (exact) mass is 335 g/mol. The smallest absolute Gasteiger partial charge is 0.228 e. The van der Waals surface area contributed by atoms with E-state index < -0.39 is 0 Å². The molecule has 2 aliphatic heterocycles. The van der Waals surface area contributed by atoms with E-state index in [-0.39, 0.29) is 23.8 Å². The average molecular weight is 335 g/mol. The molecule has 1 aromatic rings. The number of nitrogens with zero attached hydrogens (tertiary/aromatic N) is 3. The van der Waals surface area contributed by atoms with Crippen molar-refractivity contribution in [1.82, 2.24) is 14.8 Å². The van der Waals surface area contributed by atoms with Gasteiger partial charge in [0.15, 0.2) is 0 Å². The van der Waals surface area contributed by atoms with Crippen molar-refractivity contribution in [2.24, 2.45) is 11.8 Å². The molecule has 3 rings (SSSR count). The van der Waals surface area contributed by atoms with Crippen molar-refractivity contribution >= 4 is 23.2 Å². The Bertz CT molecular complexity index is 558. The van der Waals surface area contributed by atoms with Gasteiger partial charge in [-0.1, -0.05) is 13.8 Å². The van der Waals surface area contributed by atoms with Gasteiger partial charge in [0.05, 0.1) is 12.0 Å². The van der Waals surface area contributed by atoms with Crippen LogP contribution in [0.2, 0.25) is 0 Å². The molecule has 2 amide bonds. The Kier molecular flexibility index (Phi) is 4.99. The first-order valence-electron chi connectivity index (χ1n) is 8.54. The zero-order chi connectivity index (χ0) is 16.4. The molecule has 3 heterocycles. The largest absolute Gasteiger partial charge is 0.342 e. The molecular weight excluding hydrogens is 310 g/mol. The number of thiazole rings is 1. The molecule has 2 aliphatic rings. The van der Waals surface area contributed by atoms with Gasteiger partial charge in [0.1, 0.15) is 5.01 Å². The van der Waals surface area contributed by atoms with E-state index in [0.29, 0.717) is 18.9 Å². The highest BCUT2D eigenvalue weighted by Crippen LogP contribution is 2.34. The first-order valence-corrected chi connectivity index (χ1v) is 9.42. The highest BCUT2D eigenvalue weighted by molar-refractivity contribution is 7.09. The van der Waals surface area contributed by atoms with Gasteiger partial charge in [-0.15, -0.1) is 11.3 Å². The van der Waals surface area contributed by atoms with E-state index in [4.69, 9.17) is 0 Å². The normalized spacial score (nSPS) is 25.4. The first kappa shape index (κ1) is 16.4. The molecule has 0 spiro atoms. The van der Waals surface area contributed by atoms with Gasteiger partial charge in [-0.3, -0.25) is 9.59 Å².